The molecular formula is C22H22N2O5S. The molecule has 0 spiro atoms. The number of hydrogen-bond acceptors (Lipinski definition) is 6. The van der Waals surface area contributed by atoms with Gasteiger partial charge in [-0.15, -0.1) is 0 Å². The lowest BCUT2D eigenvalue weighted by Gasteiger charge is -2.14. The minimum Gasteiger partial charge on any atom is -0.491 e. The van der Waals surface area contributed by atoms with E-state index in [1.54, 1.807) is 30.3 Å². The van der Waals surface area contributed by atoms with Gasteiger partial charge < -0.3 is 15.2 Å². The molecule has 1 saturated heterocycles. The summed E-state index contributed by atoms with van der Waals surface area (Å²) in [7, 11) is 0. The second kappa shape index (κ2) is 9.49. The zero-order chi connectivity index (χ0) is 21.7. The maximum atomic E-state index is 12.7. The van der Waals surface area contributed by atoms with Crippen molar-refractivity contribution in [2.45, 2.75) is 13.8 Å². The number of primary amides is 1. The topological polar surface area (TPSA) is 98.9 Å². The molecule has 0 aliphatic carbocycles. The summed E-state index contributed by atoms with van der Waals surface area (Å²) >= 11 is 0.881. The number of hydrogen-bond donors (Lipinski definition) is 1. The molecule has 1 aliphatic heterocycles. The van der Waals surface area contributed by atoms with Crippen molar-refractivity contribution in [1.82, 2.24) is 4.90 Å². The predicted octanol–water partition coefficient (Wildman–Crippen LogP) is 3.28. The number of imide groups is 1. The Balaban J connectivity index is 1.63. The smallest absolute Gasteiger partial charge is 0.293 e. The number of amides is 3. The molecule has 30 heavy (non-hydrogen) atoms. The summed E-state index contributed by atoms with van der Waals surface area (Å²) in [4.78, 5) is 37.3. The Bertz CT molecular complexity index is 1020. The molecule has 1 aliphatic rings. The summed E-state index contributed by atoms with van der Waals surface area (Å²) in [5.74, 6) is 0.247. The number of nitrogens with two attached hydrogens (primary N) is 1. The van der Waals surface area contributed by atoms with Gasteiger partial charge in [-0.25, -0.2) is 0 Å². The van der Waals surface area contributed by atoms with Crippen molar-refractivity contribution in [3.05, 3.63) is 64.1 Å². The lowest BCUT2D eigenvalue weighted by atomic mass is 10.1. The molecule has 2 N–H and O–H groups in total. The third kappa shape index (κ3) is 5.42. The maximum absolute atomic E-state index is 12.7. The molecule has 1 fully saturated rings. The Labute approximate surface area is 178 Å². The van der Waals surface area contributed by atoms with Gasteiger partial charge in [0.15, 0.2) is 6.61 Å². The summed E-state index contributed by atoms with van der Waals surface area (Å²) in [5, 5.41) is -0.336. The van der Waals surface area contributed by atoms with Crippen LogP contribution in [0.15, 0.2) is 47.4 Å². The van der Waals surface area contributed by atoms with E-state index in [1.807, 2.05) is 32.0 Å². The normalized spacial score (nSPS) is 15.0. The monoisotopic (exact) mass is 426 g/mol. The molecule has 0 saturated carbocycles. The summed E-state index contributed by atoms with van der Waals surface area (Å²) in [6, 6.07) is 12.7. The first-order valence-corrected chi connectivity index (χ1v) is 10.1. The van der Waals surface area contributed by atoms with E-state index >= 15 is 0 Å². The van der Waals surface area contributed by atoms with Crippen LogP contribution in [0.3, 0.4) is 0 Å². The third-order valence-electron chi connectivity index (χ3n) is 4.33. The van der Waals surface area contributed by atoms with Crippen LogP contribution < -0.4 is 15.2 Å². The van der Waals surface area contributed by atoms with Gasteiger partial charge >= 0.3 is 0 Å². The standard InChI is InChI=1S/C22H22N2O5S/c1-14-6-7-15(2)18(10-14)28-9-8-24-21(26)19(30-22(24)27)12-16-4-3-5-17(11-16)29-13-20(23)25/h3-7,10-12H,8-9,13H2,1-2H3,(H2,23,25)/b19-12-. The summed E-state index contributed by atoms with van der Waals surface area (Å²) in [5.41, 5.74) is 7.82. The fourth-order valence-electron chi connectivity index (χ4n) is 2.80. The molecule has 2 aromatic carbocycles. The first-order chi connectivity index (χ1) is 14.3. The van der Waals surface area contributed by atoms with Crippen molar-refractivity contribution >= 4 is 34.9 Å². The lowest BCUT2D eigenvalue weighted by Crippen LogP contribution is -2.32. The van der Waals surface area contributed by atoms with Crippen LogP contribution in [0.2, 0.25) is 0 Å². The highest BCUT2D eigenvalue weighted by molar-refractivity contribution is 8.18. The van der Waals surface area contributed by atoms with Crippen LogP contribution in [-0.2, 0) is 9.59 Å². The molecule has 0 atom stereocenters. The SMILES string of the molecule is Cc1ccc(C)c(OCCN2C(=O)S/C(=C\c3cccc(OCC(N)=O)c3)C2=O)c1. The van der Waals surface area contributed by atoms with Crippen LogP contribution in [0, 0.1) is 13.8 Å². The van der Waals surface area contributed by atoms with Gasteiger partial charge in [-0.1, -0.05) is 24.3 Å². The second-order valence-electron chi connectivity index (χ2n) is 6.78. The Kier molecular flexibility index (Phi) is 6.79. The van der Waals surface area contributed by atoms with Gasteiger partial charge in [0, 0.05) is 0 Å². The van der Waals surface area contributed by atoms with E-state index in [1.165, 1.54) is 4.90 Å². The number of aryl methyl sites for hydroxylation is 2. The zero-order valence-electron chi connectivity index (χ0n) is 16.7. The highest BCUT2D eigenvalue weighted by Crippen LogP contribution is 2.32. The van der Waals surface area contributed by atoms with Gasteiger partial charge in [0.1, 0.15) is 18.1 Å². The van der Waals surface area contributed by atoms with Crippen LogP contribution in [0.1, 0.15) is 16.7 Å². The van der Waals surface area contributed by atoms with Crippen molar-refractivity contribution in [2.75, 3.05) is 19.8 Å². The first-order valence-electron chi connectivity index (χ1n) is 9.30. The van der Waals surface area contributed by atoms with E-state index in [0.29, 0.717) is 16.2 Å². The van der Waals surface area contributed by atoms with Crippen LogP contribution in [0.4, 0.5) is 4.79 Å². The van der Waals surface area contributed by atoms with Crippen molar-refractivity contribution in [3.8, 4) is 11.5 Å². The van der Waals surface area contributed by atoms with Gasteiger partial charge in [-0.3, -0.25) is 19.3 Å². The summed E-state index contributed by atoms with van der Waals surface area (Å²) in [6.45, 7) is 4.06. The second-order valence-corrected chi connectivity index (χ2v) is 7.77. The van der Waals surface area contributed by atoms with Crippen molar-refractivity contribution in [2.24, 2.45) is 5.73 Å². The number of benzene rings is 2. The quantitative estimate of drug-likeness (QED) is 0.651. The Hall–Kier alpha value is -3.26. The highest BCUT2D eigenvalue weighted by atomic mass is 32.2. The van der Waals surface area contributed by atoms with E-state index < -0.39 is 5.91 Å². The Morgan fingerprint density at radius 2 is 1.93 bits per heavy atom. The van der Waals surface area contributed by atoms with Gasteiger partial charge in [-0.2, -0.15) is 0 Å². The van der Waals surface area contributed by atoms with Crippen molar-refractivity contribution in [1.29, 1.82) is 0 Å². The Morgan fingerprint density at radius 1 is 1.13 bits per heavy atom. The predicted molar refractivity (Wildman–Crippen MR) is 115 cm³/mol. The fraction of sp³-hybridized carbons (Fsp3) is 0.227. The molecule has 156 valence electrons. The average molecular weight is 426 g/mol. The van der Waals surface area contributed by atoms with Gasteiger partial charge in [-0.05, 0) is 66.6 Å². The molecular weight excluding hydrogens is 404 g/mol. The minimum absolute atomic E-state index is 0.164. The van der Waals surface area contributed by atoms with E-state index in [9.17, 15) is 14.4 Å². The molecule has 3 amide bonds. The van der Waals surface area contributed by atoms with E-state index in [2.05, 4.69) is 0 Å². The summed E-state index contributed by atoms with van der Waals surface area (Å²) in [6.07, 6.45) is 1.62. The fourth-order valence-corrected chi connectivity index (χ4v) is 3.67. The average Bonchev–Trinajstić information content (AvgIpc) is 2.96. The number of rotatable bonds is 8. The molecule has 7 nitrogen and oxygen atoms in total. The summed E-state index contributed by atoms with van der Waals surface area (Å²) < 4.78 is 11.0. The van der Waals surface area contributed by atoms with E-state index in [-0.39, 0.29) is 30.9 Å². The number of thioether (sulfide) groups is 1. The van der Waals surface area contributed by atoms with Crippen LogP contribution >= 0.6 is 11.8 Å². The first kappa shape index (κ1) is 21.4. The molecule has 0 unspecified atom stereocenters. The molecule has 8 heteroatoms. The third-order valence-corrected chi connectivity index (χ3v) is 5.23. The van der Waals surface area contributed by atoms with E-state index in [0.717, 1.165) is 28.6 Å². The van der Waals surface area contributed by atoms with Gasteiger partial charge in [0.25, 0.3) is 17.1 Å². The number of ether oxygens (including phenoxy) is 2. The number of nitrogens with zero attached hydrogens (tertiary/aromatic N) is 1. The molecule has 0 aromatic heterocycles. The van der Waals surface area contributed by atoms with Crippen LogP contribution in [0.25, 0.3) is 6.08 Å². The van der Waals surface area contributed by atoms with E-state index in [4.69, 9.17) is 15.2 Å². The zero-order valence-corrected chi connectivity index (χ0v) is 17.5. The highest BCUT2D eigenvalue weighted by Gasteiger charge is 2.34. The van der Waals surface area contributed by atoms with Gasteiger partial charge in [0.2, 0.25) is 0 Å². The minimum atomic E-state index is -0.579. The molecule has 1 heterocycles. The molecule has 0 bridgehead atoms. The Morgan fingerprint density at radius 3 is 2.70 bits per heavy atom. The van der Waals surface area contributed by atoms with Crippen molar-refractivity contribution in [3.63, 3.8) is 0 Å². The maximum Gasteiger partial charge on any atom is 0.293 e. The largest absolute Gasteiger partial charge is 0.491 e. The van der Waals surface area contributed by atoms with Crippen LogP contribution in [0.5, 0.6) is 11.5 Å². The van der Waals surface area contributed by atoms with Crippen molar-refractivity contribution < 1.29 is 23.9 Å². The van der Waals surface area contributed by atoms with Gasteiger partial charge in [0.05, 0.1) is 11.4 Å². The number of carbonyl (C=O) groups excluding carboxylic acids is 3. The van der Waals surface area contributed by atoms with Crippen LogP contribution in [-0.4, -0.2) is 41.7 Å². The lowest BCUT2D eigenvalue weighted by molar-refractivity contribution is -0.123. The number of carbonyl (C=O) groups is 3. The molecule has 2 aromatic rings. The molecule has 3 rings (SSSR count). The molecule has 0 radical (unpaired) electrons.